The van der Waals surface area contributed by atoms with Crippen LogP contribution < -0.4 is 5.32 Å². The lowest BCUT2D eigenvalue weighted by molar-refractivity contribution is -0.122. The standard InChI is InChI=1S/C16H20ClNOS/c17-14-10-12-3-1-2-4-13(12)16(14)18-15(19)9-11-5-7-20-8-6-11/h1-4,11,14,16H,5-10H2,(H,18,19). The molecule has 4 heteroatoms. The molecule has 2 unspecified atom stereocenters. The Morgan fingerprint density at radius 1 is 1.30 bits per heavy atom. The van der Waals surface area contributed by atoms with Gasteiger partial charge in [-0.15, -0.1) is 11.6 Å². The Morgan fingerprint density at radius 2 is 2.05 bits per heavy atom. The highest BCUT2D eigenvalue weighted by atomic mass is 35.5. The van der Waals surface area contributed by atoms with Crippen LogP contribution in [0.2, 0.25) is 0 Å². The summed E-state index contributed by atoms with van der Waals surface area (Å²) >= 11 is 8.41. The smallest absolute Gasteiger partial charge is 0.220 e. The molecule has 20 heavy (non-hydrogen) atoms. The second kappa shape index (κ2) is 6.40. The molecule has 0 radical (unpaired) electrons. The summed E-state index contributed by atoms with van der Waals surface area (Å²) in [6.07, 6.45) is 3.85. The van der Waals surface area contributed by atoms with E-state index in [0.29, 0.717) is 12.3 Å². The SMILES string of the molecule is O=C(CC1CCSCC1)NC1c2ccccc2CC1Cl. The summed E-state index contributed by atoms with van der Waals surface area (Å²) in [7, 11) is 0. The van der Waals surface area contributed by atoms with Crippen LogP contribution in [0.15, 0.2) is 24.3 Å². The summed E-state index contributed by atoms with van der Waals surface area (Å²) in [5.74, 6) is 3.11. The third kappa shape index (κ3) is 3.15. The first-order valence-electron chi connectivity index (χ1n) is 7.33. The fourth-order valence-electron chi connectivity index (χ4n) is 3.16. The first-order chi connectivity index (χ1) is 9.74. The predicted octanol–water partition coefficient (Wildman–Crippen LogP) is 3.54. The summed E-state index contributed by atoms with van der Waals surface area (Å²) < 4.78 is 0. The monoisotopic (exact) mass is 309 g/mol. The predicted molar refractivity (Wildman–Crippen MR) is 85.3 cm³/mol. The summed E-state index contributed by atoms with van der Waals surface area (Å²) in [4.78, 5) is 12.2. The highest BCUT2D eigenvalue weighted by Crippen LogP contribution is 2.35. The number of rotatable bonds is 3. The first kappa shape index (κ1) is 14.3. The van der Waals surface area contributed by atoms with Crippen molar-refractivity contribution in [2.75, 3.05) is 11.5 Å². The number of halogens is 1. The topological polar surface area (TPSA) is 29.1 Å². The van der Waals surface area contributed by atoms with Crippen LogP contribution in [0.4, 0.5) is 0 Å². The molecule has 2 aliphatic rings. The van der Waals surface area contributed by atoms with Crippen molar-refractivity contribution < 1.29 is 4.79 Å². The highest BCUT2D eigenvalue weighted by molar-refractivity contribution is 7.99. The minimum atomic E-state index is -0.0155. The van der Waals surface area contributed by atoms with Crippen LogP contribution >= 0.6 is 23.4 Å². The number of benzene rings is 1. The number of hydrogen-bond acceptors (Lipinski definition) is 2. The molecule has 0 bridgehead atoms. The largest absolute Gasteiger partial charge is 0.348 e. The van der Waals surface area contributed by atoms with Gasteiger partial charge >= 0.3 is 0 Å². The summed E-state index contributed by atoms with van der Waals surface area (Å²) in [5, 5.41) is 3.14. The lowest BCUT2D eigenvalue weighted by atomic mass is 9.98. The van der Waals surface area contributed by atoms with E-state index in [-0.39, 0.29) is 17.3 Å². The molecule has 1 saturated heterocycles. The highest BCUT2D eigenvalue weighted by Gasteiger charge is 2.32. The van der Waals surface area contributed by atoms with Gasteiger partial charge in [0.25, 0.3) is 0 Å². The van der Waals surface area contributed by atoms with E-state index >= 15 is 0 Å². The molecule has 0 spiro atoms. The summed E-state index contributed by atoms with van der Waals surface area (Å²) in [6, 6.07) is 8.23. The summed E-state index contributed by atoms with van der Waals surface area (Å²) in [5.41, 5.74) is 2.46. The van der Waals surface area contributed by atoms with E-state index in [1.807, 2.05) is 23.9 Å². The van der Waals surface area contributed by atoms with Crippen molar-refractivity contribution in [2.45, 2.75) is 37.1 Å². The molecule has 1 aromatic carbocycles. The van der Waals surface area contributed by atoms with E-state index < -0.39 is 0 Å². The number of carbonyl (C=O) groups excluding carboxylic acids is 1. The van der Waals surface area contributed by atoms with E-state index in [1.165, 1.54) is 35.5 Å². The summed E-state index contributed by atoms with van der Waals surface area (Å²) in [6.45, 7) is 0. The first-order valence-corrected chi connectivity index (χ1v) is 8.92. The molecule has 1 aromatic rings. The van der Waals surface area contributed by atoms with Gasteiger partial charge in [0.05, 0.1) is 11.4 Å². The lowest BCUT2D eigenvalue weighted by Gasteiger charge is -2.23. The molecule has 1 fully saturated rings. The number of carbonyl (C=O) groups is 1. The maximum atomic E-state index is 12.2. The molecule has 0 aromatic heterocycles. The van der Waals surface area contributed by atoms with Crippen molar-refractivity contribution in [3.8, 4) is 0 Å². The quantitative estimate of drug-likeness (QED) is 0.865. The second-order valence-electron chi connectivity index (χ2n) is 5.72. The number of alkyl halides is 1. The van der Waals surface area contributed by atoms with Crippen LogP contribution in [0.5, 0.6) is 0 Å². The van der Waals surface area contributed by atoms with E-state index in [1.54, 1.807) is 0 Å². The van der Waals surface area contributed by atoms with Crippen molar-refractivity contribution in [1.29, 1.82) is 0 Å². The average Bonchev–Trinajstić information content (AvgIpc) is 2.76. The number of fused-ring (bicyclic) bond motifs is 1. The van der Waals surface area contributed by atoms with Crippen LogP contribution in [-0.4, -0.2) is 22.8 Å². The van der Waals surface area contributed by atoms with Crippen LogP contribution in [0, 0.1) is 5.92 Å². The van der Waals surface area contributed by atoms with Gasteiger partial charge in [0.15, 0.2) is 0 Å². The number of amides is 1. The van der Waals surface area contributed by atoms with Crippen LogP contribution in [0.1, 0.15) is 36.4 Å². The van der Waals surface area contributed by atoms with Crippen LogP contribution in [0.3, 0.4) is 0 Å². The van der Waals surface area contributed by atoms with Crippen molar-refractivity contribution in [1.82, 2.24) is 5.32 Å². The Labute approximate surface area is 129 Å². The maximum Gasteiger partial charge on any atom is 0.220 e. The zero-order valence-corrected chi connectivity index (χ0v) is 13.1. The van der Waals surface area contributed by atoms with Gasteiger partial charge in [-0.2, -0.15) is 11.8 Å². The Bertz CT molecular complexity index is 487. The maximum absolute atomic E-state index is 12.2. The number of hydrogen-bond donors (Lipinski definition) is 1. The molecule has 3 rings (SSSR count). The molecule has 108 valence electrons. The van der Waals surface area contributed by atoms with Gasteiger partial charge < -0.3 is 5.32 Å². The third-order valence-corrected chi connectivity index (χ3v) is 5.75. The zero-order chi connectivity index (χ0) is 13.9. The minimum Gasteiger partial charge on any atom is -0.348 e. The molecule has 1 heterocycles. The van der Waals surface area contributed by atoms with E-state index in [9.17, 15) is 4.79 Å². The van der Waals surface area contributed by atoms with Crippen LogP contribution in [0.25, 0.3) is 0 Å². The van der Waals surface area contributed by atoms with E-state index in [2.05, 4.69) is 17.4 Å². The zero-order valence-electron chi connectivity index (χ0n) is 11.5. The Balaban J connectivity index is 1.61. The average molecular weight is 310 g/mol. The minimum absolute atomic E-state index is 0.0154. The van der Waals surface area contributed by atoms with E-state index in [4.69, 9.17) is 11.6 Å². The van der Waals surface area contributed by atoms with E-state index in [0.717, 1.165) is 6.42 Å². The molecular weight excluding hydrogens is 290 g/mol. The molecule has 2 nitrogen and oxygen atoms in total. The number of nitrogens with one attached hydrogen (secondary N) is 1. The normalized spacial score (nSPS) is 26.2. The lowest BCUT2D eigenvalue weighted by Crippen LogP contribution is -2.33. The Morgan fingerprint density at radius 3 is 2.85 bits per heavy atom. The number of thioether (sulfide) groups is 1. The van der Waals surface area contributed by atoms with Gasteiger partial charge in [-0.1, -0.05) is 24.3 Å². The second-order valence-corrected chi connectivity index (χ2v) is 7.51. The fraction of sp³-hybridized carbons (Fsp3) is 0.562. The van der Waals surface area contributed by atoms with Crippen molar-refractivity contribution in [3.63, 3.8) is 0 Å². The Hall–Kier alpha value is -0.670. The molecule has 1 amide bonds. The van der Waals surface area contributed by atoms with Gasteiger partial charge in [0, 0.05) is 6.42 Å². The van der Waals surface area contributed by atoms with Crippen molar-refractivity contribution in [3.05, 3.63) is 35.4 Å². The van der Waals surface area contributed by atoms with Gasteiger partial charge in [-0.3, -0.25) is 4.79 Å². The molecule has 2 atom stereocenters. The Kier molecular flexibility index (Phi) is 4.57. The van der Waals surface area contributed by atoms with Gasteiger partial charge in [-0.25, -0.2) is 0 Å². The third-order valence-electron chi connectivity index (χ3n) is 4.30. The molecular formula is C16H20ClNOS. The molecule has 1 aliphatic heterocycles. The van der Waals surface area contributed by atoms with Crippen LogP contribution in [-0.2, 0) is 11.2 Å². The molecule has 1 aliphatic carbocycles. The van der Waals surface area contributed by atoms with Crippen molar-refractivity contribution >= 4 is 29.3 Å². The molecule has 1 N–H and O–H groups in total. The van der Waals surface area contributed by atoms with Gasteiger partial charge in [-0.05, 0) is 47.8 Å². The van der Waals surface area contributed by atoms with Gasteiger partial charge in [0.2, 0.25) is 5.91 Å². The van der Waals surface area contributed by atoms with Crippen molar-refractivity contribution in [2.24, 2.45) is 5.92 Å². The molecule has 0 saturated carbocycles. The van der Waals surface area contributed by atoms with Gasteiger partial charge in [0.1, 0.15) is 0 Å². The fourth-order valence-corrected chi connectivity index (χ4v) is 4.73.